The van der Waals surface area contributed by atoms with Crippen molar-refractivity contribution in [3.05, 3.63) is 29.3 Å². The average Bonchev–Trinajstić information content (AvgIpc) is 2.49. The van der Waals surface area contributed by atoms with Crippen LogP contribution in [0.5, 0.6) is 0 Å². The third-order valence-electron chi connectivity index (χ3n) is 4.32. The highest BCUT2D eigenvalue weighted by Gasteiger charge is 2.41. The number of nitrogens with zero attached hydrogens (tertiary/aromatic N) is 1. The molecule has 1 spiro atoms. The zero-order valence-corrected chi connectivity index (χ0v) is 12.7. The number of alkyl halides is 1. The van der Waals surface area contributed by atoms with Gasteiger partial charge in [-0.1, -0.05) is 12.1 Å². The molecule has 2 heterocycles. The molecule has 0 radical (unpaired) electrons. The number of halogens is 1. The fraction of sp³-hybridized carbons (Fsp3) is 0.467. The van der Waals surface area contributed by atoms with E-state index in [1.807, 2.05) is 25.1 Å². The Kier molecular flexibility index (Phi) is 3.53. The van der Waals surface area contributed by atoms with Gasteiger partial charge in [-0.25, -0.2) is 0 Å². The molecule has 1 saturated heterocycles. The molecule has 2 aliphatic rings. The second kappa shape index (κ2) is 5.22. The van der Waals surface area contributed by atoms with Gasteiger partial charge < -0.3 is 15.5 Å². The number of hydrogen-bond donors (Lipinski definition) is 2. The van der Waals surface area contributed by atoms with Crippen molar-refractivity contribution in [3.63, 3.8) is 0 Å². The Morgan fingerprint density at radius 2 is 2.05 bits per heavy atom. The molecular weight excluding hydrogens is 290 g/mol. The average molecular weight is 308 g/mol. The Morgan fingerprint density at radius 1 is 1.33 bits per heavy atom. The van der Waals surface area contributed by atoms with Crippen LogP contribution in [0.4, 0.5) is 5.69 Å². The number of rotatable bonds is 1. The minimum Gasteiger partial charge on any atom is -0.362 e. The van der Waals surface area contributed by atoms with Crippen molar-refractivity contribution in [2.24, 2.45) is 0 Å². The molecule has 0 atom stereocenters. The van der Waals surface area contributed by atoms with Gasteiger partial charge in [0.05, 0.1) is 11.3 Å². The molecule has 6 heteroatoms. The Balaban J connectivity index is 1.82. The van der Waals surface area contributed by atoms with Crippen molar-refractivity contribution in [1.82, 2.24) is 10.2 Å². The van der Waals surface area contributed by atoms with Crippen LogP contribution in [0.3, 0.4) is 0 Å². The maximum atomic E-state index is 12.3. The number of hydrogen-bond acceptors (Lipinski definition) is 3. The molecular formula is C15H18ClN3O2. The van der Waals surface area contributed by atoms with E-state index in [2.05, 4.69) is 10.6 Å². The van der Waals surface area contributed by atoms with Crippen molar-refractivity contribution in [1.29, 1.82) is 0 Å². The van der Waals surface area contributed by atoms with Crippen LogP contribution in [0.25, 0.3) is 0 Å². The van der Waals surface area contributed by atoms with Crippen LogP contribution in [-0.4, -0.2) is 41.3 Å². The first-order chi connectivity index (χ1) is 10.0. The highest BCUT2D eigenvalue weighted by Crippen LogP contribution is 2.33. The highest BCUT2D eigenvalue weighted by atomic mass is 35.5. The smallest absolute Gasteiger partial charge is 0.255 e. The van der Waals surface area contributed by atoms with Crippen LogP contribution in [0, 0.1) is 6.92 Å². The molecule has 0 unspecified atom stereocenters. The highest BCUT2D eigenvalue weighted by molar-refractivity contribution is 6.27. The van der Waals surface area contributed by atoms with Gasteiger partial charge in [0, 0.05) is 25.9 Å². The van der Waals surface area contributed by atoms with Crippen molar-refractivity contribution in [2.75, 3.05) is 24.3 Å². The number of para-hydroxylation sites is 1. The molecule has 1 aromatic carbocycles. The molecule has 2 amide bonds. The fourth-order valence-corrected chi connectivity index (χ4v) is 3.22. The standard InChI is InChI=1S/C15H18ClN3O2/c1-10-3-2-4-11-13(10)17-15(18-14(11)21)5-7-19(8-6-15)12(20)9-16/h2-4,17H,5-9H2,1H3,(H,18,21). The zero-order valence-electron chi connectivity index (χ0n) is 11.9. The van der Waals surface area contributed by atoms with Crippen LogP contribution in [0.2, 0.25) is 0 Å². The van der Waals surface area contributed by atoms with Gasteiger partial charge in [0.1, 0.15) is 11.5 Å². The van der Waals surface area contributed by atoms with Gasteiger partial charge >= 0.3 is 0 Å². The molecule has 112 valence electrons. The first kappa shape index (κ1) is 14.2. The lowest BCUT2D eigenvalue weighted by atomic mass is 9.91. The summed E-state index contributed by atoms with van der Waals surface area (Å²) in [5.41, 5.74) is 2.18. The van der Waals surface area contributed by atoms with Crippen LogP contribution < -0.4 is 10.6 Å². The van der Waals surface area contributed by atoms with Gasteiger partial charge in [0.15, 0.2) is 0 Å². The third-order valence-corrected chi connectivity index (χ3v) is 4.55. The molecule has 21 heavy (non-hydrogen) atoms. The van der Waals surface area contributed by atoms with E-state index in [1.54, 1.807) is 4.90 Å². The zero-order chi connectivity index (χ0) is 15.0. The number of carbonyl (C=O) groups is 2. The molecule has 1 aromatic rings. The second-order valence-electron chi connectivity index (χ2n) is 5.67. The molecule has 0 saturated carbocycles. The van der Waals surface area contributed by atoms with E-state index in [1.165, 1.54) is 0 Å². The number of amides is 2. The van der Waals surface area contributed by atoms with E-state index in [0.717, 1.165) is 11.3 Å². The number of carbonyl (C=O) groups excluding carboxylic acids is 2. The number of benzene rings is 1. The van der Waals surface area contributed by atoms with Gasteiger partial charge in [-0.15, -0.1) is 11.6 Å². The van der Waals surface area contributed by atoms with Crippen LogP contribution in [0.15, 0.2) is 18.2 Å². The second-order valence-corrected chi connectivity index (χ2v) is 5.94. The predicted octanol–water partition coefficient (Wildman–Crippen LogP) is 1.71. The fourth-order valence-electron chi connectivity index (χ4n) is 3.05. The summed E-state index contributed by atoms with van der Waals surface area (Å²) in [7, 11) is 0. The van der Waals surface area contributed by atoms with Gasteiger partial charge in [-0.3, -0.25) is 9.59 Å². The molecule has 0 aliphatic carbocycles. The number of nitrogens with one attached hydrogen (secondary N) is 2. The van der Waals surface area contributed by atoms with Gasteiger partial charge in [0.25, 0.3) is 5.91 Å². The summed E-state index contributed by atoms with van der Waals surface area (Å²) in [5.74, 6) is -0.0934. The van der Waals surface area contributed by atoms with Crippen molar-refractivity contribution in [3.8, 4) is 0 Å². The summed E-state index contributed by atoms with van der Waals surface area (Å²) in [5, 5.41) is 6.56. The number of anilines is 1. The minimum atomic E-state index is -0.459. The van der Waals surface area contributed by atoms with Gasteiger partial charge in [-0.05, 0) is 18.6 Å². The van der Waals surface area contributed by atoms with Crippen LogP contribution >= 0.6 is 11.6 Å². The molecule has 0 bridgehead atoms. The Morgan fingerprint density at radius 3 is 2.71 bits per heavy atom. The topological polar surface area (TPSA) is 61.4 Å². The van der Waals surface area contributed by atoms with E-state index in [0.29, 0.717) is 31.5 Å². The summed E-state index contributed by atoms with van der Waals surface area (Å²) in [6, 6.07) is 5.70. The monoisotopic (exact) mass is 307 g/mol. The molecule has 1 fully saturated rings. The maximum absolute atomic E-state index is 12.3. The Labute approximate surface area is 128 Å². The van der Waals surface area contributed by atoms with Crippen LogP contribution in [-0.2, 0) is 4.79 Å². The SMILES string of the molecule is Cc1cccc2c1NC1(CCN(C(=O)CCl)CC1)NC2=O. The van der Waals surface area contributed by atoms with E-state index in [-0.39, 0.29) is 17.7 Å². The van der Waals surface area contributed by atoms with Gasteiger partial charge in [-0.2, -0.15) is 0 Å². The first-order valence-electron chi connectivity index (χ1n) is 7.09. The van der Waals surface area contributed by atoms with E-state index < -0.39 is 5.66 Å². The quantitative estimate of drug-likeness (QED) is 0.777. The van der Waals surface area contributed by atoms with E-state index in [4.69, 9.17) is 11.6 Å². The summed E-state index contributed by atoms with van der Waals surface area (Å²) in [6.45, 7) is 3.18. The summed E-state index contributed by atoms with van der Waals surface area (Å²) in [4.78, 5) is 25.7. The minimum absolute atomic E-state index is 0.00866. The van der Waals surface area contributed by atoms with E-state index >= 15 is 0 Å². The van der Waals surface area contributed by atoms with Crippen molar-refractivity contribution < 1.29 is 9.59 Å². The number of fused-ring (bicyclic) bond motifs is 1. The molecule has 5 nitrogen and oxygen atoms in total. The largest absolute Gasteiger partial charge is 0.362 e. The lowest BCUT2D eigenvalue weighted by Crippen LogP contribution is -2.63. The molecule has 3 rings (SSSR count). The van der Waals surface area contributed by atoms with Crippen molar-refractivity contribution in [2.45, 2.75) is 25.4 Å². The van der Waals surface area contributed by atoms with Gasteiger partial charge in [0.2, 0.25) is 5.91 Å². The lowest BCUT2D eigenvalue weighted by Gasteiger charge is -2.46. The number of aryl methyl sites for hydroxylation is 1. The van der Waals surface area contributed by atoms with Crippen molar-refractivity contribution >= 4 is 29.1 Å². The number of likely N-dealkylation sites (tertiary alicyclic amines) is 1. The predicted molar refractivity (Wildman–Crippen MR) is 81.5 cm³/mol. The molecule has 0 aromatic heterocycles. The van der Waals surface area contributed by atoms with E-state index in [9.17, 15) is 9.59 Å². The summed E-state index contributed by atoms with van der Waals surface area (Å²) >= 11 is 5.60. The normalized spacial score (nSPS) is 19.7. The maximum Gasteiger partial charge on any atom is 0.255 e. The summed E-state index contributed by atoms with van der Waals surface area (Å²) < 4.78 is 0. The third kappa shape index (κ3) is 2.46. The lowest BCUT2D eigenvalue weighted by molar-refractivity contribution is -0.129. The first-order valence-corrected chi connectivity index (χ1v) is 7.62. The Hall–Kier alpha value is -1.75. The molecule has 2 N–H and O–H groups in total. The van der Waals surface area contributed by atoms with Crippen LogP contribution in [0.1, 0.15) is 28.8 Å². The molecule has 2 aliphatic heterocycles. The summed E-state index contributed by atoms with van der Waals surface area (Å²) in [6.07, 6.45) is 1.35. The Bertz CT molecular complexity index is 595. The number of piperidine rings is 1.